The molecule has 0 bridgehead atoms. The third kappa shape index (κ3) is 6.18. The van der Waals surface area contributed by atoms with Crippen LogP contribution in [0.2, 0.25) is 0 Å². The number of ether oxygens (including phenoxy) is 1. The number of nitrogens with zero attached hydrogens (tertiary/aromatic N) is 2. The second-order valence-corrected chi connectivity index (χ2v) is 10.2. The molecule has 1 aliphatic carbocycles. The quantitative estimate of drug-likeness (QED) is 0.476. The van der Waals surface area contributed by atoms with Gasteiger partial charge in [0.15, 0.2) is 0 Å². The molecule has 1 saturated heterocycles. The topological polar surface area (TPSA) is 32.8 Å². The largest absolute Gasteiger partial charge is 0.490 e. The van der Waals surface area contributed by atoms with Crippen molar-refractivity contribution in [2.45, 2.75) is 71.4 Å². The summed E-state index contributed by atoms with van der Waals surface area (Å²) in [5.41, 5.74) is 3.59. The second kappa shape index (κ2) is 11.4. The molecule has 2 aromatic rings. The van der Waals surface area contributed by atoms with Gasteiger partial charge in [-0.2, -0.15) is 0 Å². The minimum Gasteiger partial charge on any atom is -0.490 e. The predicted octanol–water partition coefficient (Wildman–Crippen LogP) is 6.36. The monoisotopic (exact) mass is 466 g/mol. The summed E-state index contributed by atoms with van der Waals surface area (Å²) in [5.74, 6) is 1.48. The summed E-state index contributed by atoms with van der Waals surface area (Å²) in [6.45, 7) is 7.84. The van der Waals surface area contributed by atoms with Crippen LogP contribution in [0.1, 0.15) is 63.0 Å². The summed E-state index contributed by atoms with van der Waals surface area (Å²) in [6, 6.07) is 12.6. The predicted molar refractivity (Wildman–Crippen MR) is 136 cm³/mol. The van der Waals surface area contributed by atoms with Crippen molar-refractivity contribution < 1.29 is 13.9 Å². The summed E-state index contributed by atoms with van der Waals surface area (Å²) in [5, 5.41) is 0. The molecule has 34 heavy (non-hydrogen) atoms. The van der Waals surface area contributed by atoms with Crippen molar-refractivity contribution in [3.05, 3.63) is 59.4 Å². The molecule has 1 saturated carbocycles. The Hall–Kier alpha value is -2.40. The fraction of sp³-hybridized carbons (Fsp3) is 0.552. The molecule has 1 aliphatic heterocycles. The number of aryl methyl sites for hydroxylation is 1. The number of benzene rings is 2. The van der Waals surface area contributed by atoms with Crippen LogP contribution in [-0.4, -0.2) is 37.0 Å². The van der Waals surface area contributed by atoms with Gasteiger partial charge in [-0.1, -0.05) is 19.4 Å². The van der Waals surface area contributed by atoms with Crippen molar-refractivity contribution in [3.63, 3.8) is 0 Å². The Labute approximate surface area is 204 Å². The van der Waals surface area contributed by atoms with Crippen molar-refractivity contribution in [2.24, 2.45) is 11.8 Å². The van der Waals surface area contributed by atoms with Crippen LogP contribution in [0, 0.1) is 24.6 Å². The lowest BCUT2D eigenvalue weighted by molar-refractivity contribution is -0.123. The lowest BCUT2D eigenvalue weighted by Gasteiger charge is -2.33. The van der Waals surface area contributed by atoms with Gasteiger partial charge in [-0.15, -0.1) is 0 Å². The van der Waals surface area contributed by atoms with Crippen molar-refractivity contribution in [2.75, 3.05) is 25.0 Å². The third-order valence-electron chi connectivity index (χ3n) is 7.76. The zero-order chi connectivity index (χ0) is 24.1. The molecular weight excluding hydrogens is 427 g/mol. The van der Waals surface area contributed by atoms with Crippen molar-refractivity contribution in [3.8, 4) is 5.75 Å². The number of piperidine rings is 1. The number of amides is 1. The van der Waals surface area contributed by atoms with Gasteiger partial charge in [0.25, 0.3) is 0 Å². The van der Waals surface area contributed by atoms with Gasteiger partial charge < -0.3 is 9.64 Å². The maximum absolute atomic E-state index is 13.2. The fourth-order valence-electron chi connectivity index (χ4n) is 5.47. The van der Waals surface area contributed by atoms with Gasteiger partial charge in [-0.3, -0.25) is 9.69 Å². The molecule has 4 rings (SSSR count). The summed E-state index contributed by atoms with van der Waals surface area (Å²) in [4.78, 5) is 17.6. The van der Waals surface area contributed by atoms with E-state index in [0.717, 1.165) is 43.8 Å². The SMILES string of the molecule is CC[C@@H]1CCCN(Cc2ccc(N(C)C(=O)C3CCC(Oc4ccc(F)cc4)CC3)cc2C)C1. The van der Waals surface area contributed by atoms with Crippen LogP contribution in [0.15, 0.2) is 42.5 Å². The van der Waals surface area contributed by atoms with E-state index in [0.29, 0.717) is 5.75 Å². The summed E-state index contributed by atoms with van der Waals surface area (Å²) >= 11 is 0. The zero-order valence-corrected chi connectivity index (χ0v) is 20.9. The molecule has 4 nitrogen and oxygen atoms in total. The van der Waals surface area contributed by atoms with Crippen molar-refractivity contribution in [1.82, 2.24) is 4.90 Å². The van der Waals surface area contributed by atoms with Crippen molar-refractivity contribution >= 4 is 11.6 Å². The van der Waals surface area contributed by atoms with Gasteiger partial charge in [0, 0.05) is 31.7 Å². The van der Waals surface area contributed by atoms with Crippen LogP contribution in [0.3, 0.4) is 0 Å². The number of halogens is 1. The van der Waals surface area contributed by atoms with E-state index in [9.17, 15) is 9.18 Å². The normalized spacial score (nSPS) is 23.5. The Balaban J connectivity index is 1.30. The van der Waals surface area contributed by atoms with Crippen LogP contribution in [-0.2, 0) is 11.3 Å². The van der Waals surface area contributed by atoms with E-state index in [1.165, 1.54) is 55.6 Å². The highest BCUT2D eigenvalue weighted by Gasteiger charge is 2.30. The Morgan fingerprint density at radius 2 is 1.82 bits per heavy atom. The molecular formula is C29H39FN2O2. The first-order valence-electron chi connectivity index (χ1n) is 12.9. The Kier molecular flexibility index (Phi) is 8.25. The number of rotatable bonds is 7. The van der Waals surface area contributed by atoms with Gasteiger partial charge >= 0.3 is 0 Å². The minimum atomic E-state index is -0.260. The first-order chi connectivity index (χ1) is 16.4. The molecule has 2 fully saturated rings. The van der Waals surface area contributed by atoms with E-state index >= 15 is 0 Å². The summed E-state index contributed by atoms with van der Waals surface area (Å²) < 4.78 is 19.1. The van der Waals surface area contributed by atoms with Gasteiger partial charge in [-0.25, -0.2) is 4.39 Å². The maximum atomic E-state index is 13.2. The van der Waals surface area contributed by atoms with E-state index in [4.69, 9.17) is 4.74 Å². The Bertz CT molecular complexity index is 953. The third-order valence-corrected chi connectivity index (χ3v) is 7.76. The van der Waals surface area contributed by atoms with Crippen LogP contribution >= 0.6 is 0 Å². The Morgan fingerprint density at radius 1 is 1.09 bits per heavy atom. The molecule has 0 radical (unpaired) electrons. The molecule has 2 aliphatic rings. The van der Waals surface area contributed by atoms with E-state index in [2.05, 4.69) is 36.9 Å². The molecule has 0 unspecified atom stereocenters. The van der Waals surface area contributed by atoms with E-state index in [-0.39, 0.29) is 23.7 Å². The number of hydrogen-bond donors (Lipinski definition) is 0. The van der Waals surface area contributed by atoms with Gasteiger partial charge in [0.05, 0.1) is 6.10 Å². The van der Waals surface area contributed by atoms with E-state index < -0.39 is 0 Å². The molecule has 1 heterocycles. The van der Waals surface area contributed by atoms with Crippen LogP contribution in [0.4, 0.5) is 10.1 Å². The Morgan fingerprint density at radius 3 is 2.50 bits per heavy atom. The maximum Gasteiger partial charge on any atom is 0.229 e. The lowest BCUT2D eigenvalue weighted by atomic mass is 9.86. The van der Waals surface area contributed by atoms with Gasteiger partial charge in [0.2, 0.25) is 5.91 Å². The first kappa shape index (κ1) is 24.7. The number of carbonyl (C=O) groups excluding carboxylic acids is 1. The number of hydrogen-bond acceptors (Lipinski definition) is 3. The van der Waals surface area contributed by atoms with Crippen molar-refractivity contribution in [1.29, 1.82) is 0 Å². The van der Waals surface area contributed by atoms with Crippen LogP contribution in [0.25, 0.3) is 0 Å². The number of anilines is 1. The van der Waals surface area contributed by atoms with Crippen LogP contribution < -0.4 is 9.64 Å². The van der Waals surface area contributed by atoms with Crippen LogP contribution in [0.5, 0.6) is 5.75 Å². The molecule has 1 amide bonds. The minimum absolute atomic E-state index is 0.0253. The highest BCUT2D eigenvalue weighted by atomic mass is 19.1. The summed E-state index contributed by atoms with van der Waals surface area (Å²) in [7, 11) is 1.90. The standard InChI is InChI=1S/C29H39FN2O2/c1-4-22-6-5-17-32(19-22)20-24-7-12-26(18-21(24)2)31(3)29(33)23-8-13-27(14-9-23)34-28-15-10-25(30)11-16-28/h7,10-12,15-16,18,22-23,27H,4-6,8-9,13-14,17,19-20H2,1-3H3/t22-,23?,27?/m1/s1. The highest BCUT2D eigenvalue weighted by Crippen LogP contribution is 2.31. The zero-order valence-electron chi connectivity index (χ0n) is 20.9. The average Bonchev–Trinajstić information content (AvgIpc) is 2.86. The molecule has 5 heteroatoms. The molecule has 184 valence electrons. The molecule has 0 spiro atoms. The smallest absolute Gasteiger partial charge is 0.229 e. The molecule has 0 aromatic heterocycles. The highest BCUT2D eigenvalue weighted by molar-refractivity contribution is 5.94. The first-order valence-corrected chi connectivity index (χ1v) is 12.9. The molecule has 0 N–H and O–H groups in total. The van der Waals surface area contributed by atoms with Gasteiger partial charge in [0.1, 0.15) is 11.6 Å². The second-order valence-electron chi connectivity index (χ2n) is 10.2. The average molecular weight is 467 g/mol. The number of likely N-dealkylation sites (tertiary alicyclic amines) is 1. The number of carbonyl (C=O) groups is 1. The molecule has 2 aromatic carbocycles. The van der Waals surface area contributed by atoms with Gasteiger partial charge in [-0.05, 0) is 105 Å². The lowest BCUT2D eigenvalue weighted by Crippen LogP contribution is -2.37. The summed E-state index contributed by atoms with van der Waals surface area (Å²) in [6.07, 6.45) is 7.33. The fourth-order valence-corrected chi connectivity index (χ4v) is 5.47. The van der Waals surface area contributed by atoms with E-state index in [1.54, 1.807) is 12.1 Å². The molecule has 1 atom stereocenters. The van der Waals surface area contributed by atoms with E-state index in [1.807, 2.05) is 11.9 Å².